The fourth-order valence-electron chi connectivity index (χ4n) is 1.74. The number of hydrogen-bond donors (Lipinski definition) is 2. The van der Waals surface area contributed by atoms with E-state index in [0.29, 0.717) is 21.4 Å². The van der Waals surface area contributed by atoms with E-state index >= 15 is 0 Å². The molecule has 2 rings (SSSR count). The molecule has 0 amide bonds. The number of nitrogens with one attached hydrogen (secondary N) is 2. The van der Waals surface area contributed by atoms with Crippen LogP contribution in [0, 0.1) is 4.77 Å². The number of benzene rings is 1. The van der Waals surface area contributed by atoms with Crippen molar-refractivity contribution in [3.8, 4) is 0 Å². The van der Waals surface area contributed by atoms with Crippen LogP contribution in [0.15, 0.2) is 18.2 Å². The lowest BCUT2D eigenvalue weighted by Crippen LogP contribution is -2.18. The Morgan fingerprint density at radius 1 is 1.37 bits per heavy atom. The molecular formula is C12H14Cl2N4S. The first-order chi connectivity index (χ1) is 9.13. The van der Waals surface area contributed by atoms with Crippen molar-refractivity contribution in [1.29, 1.82) is 0 Å². The molecule has 0 fully saturated rings. The Kier molecular flexibility index (Phi) is 4.85. The minimum atomic E-state index is 0.489. The highest BCUT2D eigenvalue weighted by atomic mass is 35.5. The highest BCUT2D eigenvalue weighted by Gasteiger charge is 2.08. The molecule has 102 valence electrons. The van der Waals surface area contributed by atoms with E-state index in [9.17, 15) is 0 Å². The Hall–Kier alpha value is -1.04. The summed E-state index contributed by atoms with van der Waals surface area (Å²) in [5.74, 6) is 0.871. The molecule has 0 unspecified atom stereocenters. The Morgan fingerprint density at radius 2 is 2.05 bits per heavy atom. The van der Waals surface area contributed by atoms with Crippen LogP contribution in [-0.2, 0) is 13.0 Å². The predicted molar refractivity (Wildman–Crippen MR) is 80.9 cm³/mol. The SMILES string of the molecule is CCCc1n[nH]c(=S)n1NCc1c(Cl)cccc1Cl. The summed E-state index contributed by atoms with van der Waals surface area (Å²) in [6, 6.07) is 5.44. The number of rotatable bonds is 5. The van der Waals surface area contributed by atoms with E-state index in [2.05, 4.69) is 22.5 Å². The van der Waals surface area contributed by atoms with Crippen molar-refractivity contribution < 1.29 is 0 Å². The summed E-state index contributed by atoms with van der Waals surface area (Å²) in [4.78, 5) is 0. The Balaban J connectivity index is 2.19. The third-order valence-electron chi connectivity index (χ3n) is 2.69. The molecule has 1 aromatic heterocycles. The molecule has 19 heavy (non-hydrogen) atoms. The Labute approximate surface area is 126 Å². The molecule has 0 radical (unpaired) electrons. The summed E-state index contributed by atoms with van der Waals surface area (Å²) in [6.07, 6.45) is 1.84. The summed E-state index contributed by atoms with van der Waals surface area (Å²) in [5.41, 5.74) is 4.04. The van der Waals surface area contributed by atoms with Crippen LogP contribution in [-0.4, -0.2) is 14.9 Å². The number of aryl methyl sites for hydroxylation is 1. The average molecular weight is 317 g/mol. The lowest BCUT2D eigenvalue weighted by molar-refractivity contribution is 0.731. The fraction of sp³-hybridized carbons (Fsp3) is 0.333. The predicted octanol–water partition coefficient (Wildman–Crippen LogP) is 3.94. The summed E-state index contributed by atoms with van der Waals surface area (Å²) in [7, 11) is 0. The van der Waals surface area contributed by atoms with Crippen LogP contribution in [0.3, 0.4) is 0 Å². The molecular weight excluding hydrogens is 303 g/mol. The third-order valence-corrected chi connectivity index (χ3v) is 3.67. The van der Waals surface area contributed by atoms with Gasteiger partial charge in [0.05, 0.1) is 6.54 Å². The molecule has 0 aliphatic rings. The lowest BCUT2D eigenvalue weighted by Gasteiger charge is -2.11. The van der Waals surface area contributed by atoms with Crippen molar-refractivity contribution in [2.24, 2.45) is 0 Å². The smallest absolute Gasteiger partial charge is 0.214 e. The number of halogens is 2. The van der Waals surface area contributed by atoms with E-state index in [1.807, 2.05) is 18.2 Å². The van der Waals surface area contributed by atoms with E-state index in [4.69, 9.17) is 35.4 Å². The second-order valence-electron chi connectivity index (χ2n) is 4.07. The molecule has 4 nitrogen and oxygen atoms in total. The molecule has 7 heteroatoms. The van der Waals surface area contributed by atoms with Gasteiger partial charge in [-0.2, -0.15) is 5.10 Å². The molecule has 1 heterocycles. The zero-order valence-electron chi connectivity index (χ0n) is 10.4. The maximum absolute atomic E-state index is 6.13. The van der Waals surface area contributed by atoms with Crippen LogP contribution in [0.2, 0.25) is 10.0 Å². The van der Waals surface area contributed by atoms with Crippen molar-refractivity contribution >= 4 is 35.4 Å². The van der Waals surface area contributed by atoms with Gasteiger partial charge in [-0.05, 0) is 30.8 Å². The van der Waals surface area contributed by atoms with Gasteiger partial charge in [0.25, 0.3) is 0 Å². The van der Waals surface area contributed by atoms with Gasteiger partial charge in [0.1, 0.15) is 0 Å². The van der Waals surface area contributed by atoms with Gasteiger partial charge >= 0.3 is 0 Å². The van der Waals surface area contributed by atoms with Gasteiger partial charge in [0, 0.05) is 22.0 Å². The van der Waals surface area contributed by atoms with E-state index in [-0.39, 0.29) is 0 Å². The quantitative estimate of drug-likeness (QED) is 0.821. The summed E-state index contributed by atoms with van der Waals surface area (Å²) in [6.45, 7) is 2.58. The minimum Gasteiger partial charge on any atom is -0.318 e. The Morgan fingerprint density at radius 3 is 2.68 bits per heavy atom. The van der Waals surface area contributed by atoms with Gasteiger partial charge in [0.15, 0.2) is 5.82 Å². The van der Waals surface area contributed by atoms with Crippen molar-refractivity contribution in [3.63, 3.8) is 0 Å². The van der Waals surface area contributed by atoms with E-state index in [1.165, 1.54) is 0 Å². The zero-order chi connectivity index (χ0) is 13.8. The molecule has 2 N–H and O–H groups in total. The molecule has 0 bridgehead atoms. The summed E-state index contributed by atoms with van der Waals surface area (Å²) >= 11 is 17.4. The first-order valence-electron chi connectivity index (χ1n) is 5.96. The molecule has 0 saturated heterocycles. The number of nitrogens with zero attached hydrogens (tertiary/aromatic N) is 2. The van der Waals surface area contributed by atoms with Crippen LogP contribution in [0.25, 0.3) is 0 Å². The standard InChI is InChI=1S/C12H14Cl2N4S/c1-2-4-11-16-17-12(19)18(11)15-7-8-9(13)5-3-6-10(8)14/h3,5-6,15H,2,4,7H2,1H3,(H,17,19). The van der Waals surface area contributed by atoms with Gasteiger partial charge in [-0.25, -0.2) is 4.68 Å². The number of hydrogen-bond acceptors (Lipinski definition) is 3. The van der Waals surface area contributed by atoms with Crippen LogP contribution < -0.4 is 5.43 Å². The number of aromatic nitrogens is 3. The molecule has 0 spiro atoms. The monoisotopic (exact) mass is 316 g/mol. The summed E-state index contributed by atoms with van der Waals surface area (Å²) in [5, 5.41) is 8.22. The average Bonchev–Trinajstić information content (AvgIpc) is 2.71. The van der Waals surface area contributed by atoms with Crippen molar-refractivity contribution in [2.75, 3.05) is 5.43 Å². The maximum Gasteiger partial charge on any atom is 0.214 e. The second kappa shape index (κ2) is 6.41. The van der Waals surface area contributed by atoms with Crippen LogP contribution in [0.4, 0.5) is 0 Å². The van der Waals surface area contributed by atoms with Crippen LogP contribution >= 0.6 is 35.4 Å². The van der Waals surface area contributed by atoms with Crippen LogP contribution in [0.5, 0.6) is 0 Å². The molecule has 1 aromatic carbocycles. The zero-order valence-corrected chi connectivity index (χ0v) is 12.7. The fourth-order valence-corrected chi connectivity index (χ4v) is 2.49. The van der Waals surface area contributed by atoms with Crippen molar-refractivity contribution in [1.82, 2.24) is 14.9 Å². The molecule has 0 aliphatic carbocycles. The third kappa shape index (κ3) is 3.29. The number of H-pyrrole nitrogens is 1. The van der Waals surface area contributed by atoms with Crippen molar-refractivity contribution in [2.45, 2.75) is 26.3 Å². The van der Waals surface area contributed by atoms with Crippen LogP contribution in [0.1, 0.15) is 24.7 Å². The highest BCUT2D eigenvalue weighted by Crippen LogP contribution is 2.24. The highest BCUT2D eigenvalue weighted by molar-refractivity contribution is 7.71. The van der Waals surface area contributed by atoms with Gasteiger partial charge in [-0.1, -0.05) is 36.2 Å². The van der Waals surface area contributed by atoms with E-state index in [0.717, 1.165) is 24.2 Å². The molecule has 0 aliphatic heterocycles. The Bertz CT molecular complexity index is 600. The molecule has 2 aromatic rings. The summed E-state index contributed by atoms with van der Waals surface area (Å²) < 4.78 is 2.30. The number of aromatic amines is 1. The normalized spacial score (nSPS) is 10.7. The van der Waals surface area contributed by atoms with Gasteiger partial charge in [-0.15, -0.1) is 0 Å². The molecule has 0 atom stereocenters. The molecule has 0 saturated carbocycles. The first kappa shape index (κ1) is 14.4. The minimum absolute atomic E-state index is 0.489. The van der Waals surface area contributed by atoms with Gasteiger partial charge in [0.2, 0.25) is 4.77 Å². The van der Waals surface area contributed by atoms with E-state index < -0.39 is 0 Å². The van der Waals surface area contributed by atoms with E-state index in [1.54, 1.807) is 4.68 Å². The lowest BCUT2D eigenvalue weighted by atomic mass is 10.2. The van der Waals surface area contributed by atoms with Gasteiger partial charge < -0.3 is 5.43 Å². The largest absolute Gasteiger partial charge is 0.318 e. The van der Waals surface area contributed by atoms with Gasteiger partial charge in [-0.3, -0.25) is 5.10 Å². The second-order valence-corrected chi connectivity index (χ2v) is 5.27. The first-order valence-corrected chi connectivity index (χ1v) is 7.13. The van der Waals surface area contributed by atoms with Crippen molar-refractivity contribution in [3.05, 3.63) is 44.4 Å². The topological polar surface area (TPSA) is 45.6 Å². The maximum atomic E-state index is 6.13.